The average Bonchev–Trinajstić information content (AvgIpc) is 2.99. The lowest BCUT2D eigenvalue weighted by Crippen LogP contribution is -2.31. The van der Waals surface area contributed by atoms with Crippen molar-refractivity contribution in [3.8, 4) is 0 Å². The Morgan fingerprint density at radius 2 is 2.19 bits per heavy atom. The van der Waals surface area contributed by atoms with Crippen molar-refractivity contribution in [2.75, 3.05) is 6.61 Å². The van der Waals surface area contributed by atoms with E-state index >= 15 is 0 Å². The lowest BCUT2D eigenvalue weighted by atomic mass is 10.3. The third-order valence-electron chi connectivity index (χ3n) is 2.72. The molecule has 0 aromatic carbocycles. The van der Waals surface area contributed by atoms with Crippen LogP contribution in [0.2, 0.25) is 0 Å². The highest BCUT2D eigenvalue weighted by Crippen LogP contribution is 2.17. The molecular weight excluding hydrogens is 292 g/mol. The van der Waals surface area contributed by atoms with E-state index in [0.717, 1.165) is 4.88 Å². The zero-order valence-corrected chi connectivity index (χ0v) is 12.1. The van der Waals surface area contributed by atoms with Crippen LogP contribution < -0.4 is 10.9 Å². The van der Waals surface area contributed by atoms with Crippen molar-refractivity contribution in [1.29, 1.82) is 0 Å². The molecule has 1 unspecified atom stereocenters. The van der Waals surface area contributed by atoms with Crippen LogP contribution in [0.1, 0.15) is 28.2 Å². The first-order valence-corrected chi connectivity index (χ1v) is 7.13. The number of carbonyl (C=O) groups excluding carboxylic acids is 2. The fourth-order valence-corrected chi connectivity index (χ4v) is 2.42. The van der Waals surface area contributed by atoms with Crippen molar-refractivity contribution in [2.24, 2.45) is 0 Å². The molecule has 0 spiro atoms. The van der Waals surface area contributed by atoms with Crippen molar-refractivity contribution in [1.82, 2.24) is 10.3 Å². The van der Waals surface area contributed by atoms with Crippen LogP contribution in [0.5, 0.6) is 0 Å². The van der Waals surface area contributed by atoms with E-state index in [-0.39, 0.29) is 11.6 Å². The quantitative estimate of drug-likeness (QED) is 0.819. The molecular formula is C14H14N2O4S. The van der Waals surface area contributed by atoms with Gasteiger partial charge in [0.2, 0.25) is 0 Å². The van der Waals surface area contributed by atoms with E-state index in [2.05, 4.69) is 10.3 Å². The molecule has 0 aliphatic carbocycles. The molecule has 21 heavy (non-hydrogen) atoms. The zero-order chi connectivity index (χ0) is 15.2. The highest BCUT2D eigenvalue weighted by molar-refractivity contribution is 7.10. The maximum absolute atomic E-state index is 11.7. The first kappa shape index (κ1) is 15.0. The number of amides is 1. The number of pyridine rings is 1. The van der Waals surface area contributed by atoms with E-state index < -0.39 is 24.0 Å². The summed E-state index contributed by atoms with van der Waals surface area (Å²) in [6, 6.07) is 6.50. The predicted octanol–water partition coefficient (Wildman–Crippen LogP) is 1.47. The Morgan fingerprint density at radius 3 is 2.86 bits per heavy atom. The molecule has 110 valence electrons. The molecule has 0 saturated carbocycles. The summed E-state index contributed by atoms with van der Waals surface area (Å²) in [6.45, 7) is 1.41. The lowest BCUT2D eigenvalue weighted by molar-refractivity contribution is -0.124. The van der Waals surface area contributed by atoms with Gasteiger partial charge in [0.05, 0.1) is 6.04 Å². The Labute approximate surface area is 124 Å². The third kappa shape index (κ3) is 4.03. The van der Waals surface area contributed by atoms with Gasteiger partial charge in [0.15, 0.2) is 6.61 Å². The third-order valence-corrected chi connectivity index (χ3v) is 3.77. The molecule has 0 bridgehead atoms. The Hall–Kier alpha value is -2.41. The summed E-state index contributed by atoms with van der Waals surface area (Å²) in [5, 5.41) is 4.63. The Kier molecular flexibility index (Phi) is 4.89. The van der Waals surface area contributed by atoms with Crippen LogP contribution in [0.25, 0.3) is 0 Å². The second-order valence-electron chi connectivity index (χ2n) is 4.29. The minimum Gasteiger partial charge on any atom is -0.452 e. The average molecular weight is 306 g/mol. The number of carbonyl (C=O) groups is 2. The Bertz CT molecular complexity index is 678. The van der Waals surface area contributed by atoms with Crippen LogP contribution in [0.4, 0.5) is 0 Å². The number of thiophene rings is 1. The molecule has 1 atom stereocenters. The van der Waals surface area contributed by atoms with Crippen LogP contribution in [0.15, 0.2) is 40.6 Å². The van der Waals surface area contributed by atoms with Gasteiger partial charge in [0.25, 0.3) is 11.5 Å². The summed E-state index contributed by atoms with van der Waals surface area (Å²) < 4.78 is 4.82. The summed E-state index contributed by atoms with van der Waals surface area (Å²) in [7, 11) is 0. The molecule has 0 fully saturated rings. The Balaban J connectivity index is 1.86. The first-order chi connectivity index (χ1) is 10.1. The molecule has 0 aliphatic heterocycles. The van der Waals surface area contributed by atoms with Gasteiger partial charge >= 0.3 is 5.97 Å². The van der Waals surface area contributed by atoms with Gasteiger partial charge in [-0.25, -0.2) is 4.79 Å². The second kappa shape index (κ2) is 6.85. The number of rotatable bonds is 5. The summed E-state index contributed by atoms with van der Waals surface area (Å²) >= 11 is 1.53. The number of aromatic amines is 1. The smallest absolute Gasteiger partial charge is 0.344 e. The van der Waals surface area contributed by atoms with Gasteiger partial charge in [-0.1, -0.05) is 6.07 Å². The fraction of sp³-hybridized carbons (Fsp3) is 0.214. The first-order valence-electron chi connectivity index (χ1n) is 6.25. The molecule has 7 heteroatoms. The number of ether oxygens (including phenoxy) is 1. The van der Waals surface area contributed by atoms with E-state index in [1.807, 2.05) is 24.4 Å². The van der Waals surface area contributed by atoms with Crippen LogP contribution in [0.3, 0.4) is 0 Å². The highest BCUT2D eigenvalue weighted by atomic mass is 32.1. The molecule has 0 radical (unpaired) electrons. The van der Waals surface area contributed by atoms with Crippen molar-refractivity contribution in [3.05, 3.63) is 56.6 Å². The number of hydrogen-bond acceptors (Lipinski definition) is 5. The summed E-state index contributed by atoms with van der Waals surface area (Å²) in [5.41, 5.74) is -0.675. The monoisotopic (exact) mass is 306 g/mol. The van der Waals surface area contributed by atoms with E-state index in [4.69, 9.17) is 4.74 Å². The highest BCUT2D eigenvalue weighted by Gasteiger charge is 2.15. The minimum atomic E-state index is -0.823. The van der Waals surface area contributed by atoms with Crippen LogP contribution in [-0.4, -0.2) is 23.5 Å². The molecule has 6 nitrogen and oxygen atoms in total. The zero-order valence-electron chi connectivity index (χ0n) is 11.3. The fourth-order valence-electron chi connectivity index (χ4n) is 1.68. The van der Waals surface area contributed by atoms with Crippen molar-refractivity contribution in [2.45, 2.75) is 13.0 Å². The largest absolute Gasteiger partial charge is 0.452 e. The molecule has 0 saturated heterocycles. The van der Waals surface area contributed by atoms with Crippen LogP contribution in [-0.2, 0) is 9.53 Å². The van der Waals surface area contributed by atoms with E-state index in [1.165, 1.54) is 29.7 Å². The molecule has 2 rings (SSSR count). The summed E-state index contributed by atoms with van der Waals surface area (Å²) in [6.07, 6.45) is 1.41. The lowest BCUT2D eigenvalue weighted by Gasteiger charge is -2.12. The number of aromatic nitrogens is 1. The van der Waals surface area contributed by atoms with E-state index in [0.29, 0.717) is 0 Å². The second-order valence-corrected chi connectivity index (χ2v) is 5.27. The van der Waals surface area contributed by atoms with Gasteiger partial charge in [0.1, 0.15) is 5.56 Å². The number of esters is 1. The molecule has 1 amide bonds. The van der Waals surface area contributed by atoms with Gasteiger partial charge in [0, 0.05) is 11.1 Å². The van der Waals surface area contributed by atoms with Crippen molar-refractivity contribution < 1.29 is 14.3 Å². The van der Waals surface area contributed by atoms with Crippen molar-refractivity contribution >= 4 is 23.2 Å². The molecule has 2 aromatic rings. The normalized spacial score (nSPS) is 11.7. The number of nitrogens with one attached hydrogen (secondary N) is 2. The van der Waals surface area contributed by atoms with Gasteiger partial charge < -0.3 is 15.0 Å². The van der Waals surface area contributed by atoms with Gasteiger partial charge in [-0.05, 0) is 30.5 Å². The standard InChI is InChI=1S/C14H14N2O4S/c1-9(11-5-3-7-21-11)16-12(17)8-20-14(19)10-4-2-6-15-13(10)18/h2-7,9H,8H2,1H3,(H,15,18)(H,16,17). The molecule has 2 heterocycles. The maximum Gasteiger partial charge on any atom is 0.344 e. The molecule has 2 N–H and O–H groups in total. The SMILES string of the molecule is CC(NC(=O)COC(=O)c1ccc[nH]c1=O)c1cccs1. The molecule has 2 aromatic heterocycles. The molecule has 0 aliphatic rings. The van der Waals surface area contributed by atoms with Crippen LogP contribution >= 0.6 is 11.3 Å². The number of H-pyrrole nitrogens is 1. The minimum absolute atomic E-state index is 0.128. The van der Waals surface area contributed by atoms with Gasteiger partial charge in [-0.3, -0.25) is 9.59 Å². The summed E-state index contributed by atoms with van der Waals surface area (Å²) in [5.74, 6) is -1.24. The number of hydrogen-bond donors (Lipinski definition) is 2. The maximum atomic E-state index is 11.7. The summed E-state index contributed by atoms with van der Waals surface area (Å²) in [4.78, 5) is 38.1. The van der Waals surface area contributed by atoms with Crippen molar-refractivity contribution in [3.63, 3.8) is 0 Å². The van der Waals surface area contributed by atoms with Gasteiger partial charge in [-0.2, -0.15) is 0 Å². The predicted molar refractivity (Wildman–Crippen MR) is 78.2 cm³/mol. The van der Waals surface area contributed by atoms with Gasteiger partial charge in [-0.15, -0.1) is 11.3 Å². The topological polar surface area (TPSA) is 88.3 Å². The van der Waals surface area contributed by atoms with E-state index in [9.17, 15) is 14.4 Å². The van der Waals surface area contributed by atoms with Crippen LogP contribution in [0, 0.1) is 0 Å². The van der Waals surface area contributed by atoms with E-state index in [1.54, 1.807) is 0 Å². The Morgan fingerprint density at radius 1 is 1.38 bits per heavy atom.